The summed E-state index contributed by atoms with van der Waals surface area (Å²) < 4.78 is 0. The molecule has 1 fully saturated rings. The van der Waals surface area contributed by atoms with Crippen molar-refractivity contribution in [1.82, 2.24) is 20.5 Å². The molecule has 0 radical (unpaired) electrons. The summed E-state index contributed by atoms with van der Waals surface area (Å²) >= 11 is 6.23. The molecule has 1 aromatic heterocycles. The molecule has 2 rings (SSSR count). The molecule has 0 bridgehead atoms. The van der Waals surface area contributed by atoms with Crippen LogP contribution in [0.5, 0.6) is 0 Å². The molecule has 2 heterocycles. The zero-order valence-electron chi connectivity index (χ0n) is 14.2. The van der Waals surface area contributed by atoms with Crippen molar-refractivity contribution < 1.29 is 0 Å². The summed E-state index contributed by atoms with van der Waals surface area (Å²) in [7, 11) is 3.92. The van der Waals surface area contributed by atoms with Crippen LogP contribution >= 0.6 is 11.6 Å². The highest BCUT2D eigenvalue weighted by atomic mass is 35.5. The first-order valence-electron chi connectivity index (χ1n) is 8.15. The lowest BCUT2D eigenvalue weighted by atomic mass is 10.3. The molecule has 0 spiro atoms. The minimum Gasteiger partial charge on any atom is -0.355 e. The first-order valence-corrected chi connectivity index (χ1v) is 8.53. The van der Waals surface area contributed by atoms with Crippen LogP contribution in [0, 0.1) is 0 Å². The van der Waals surface area contributed by atoms with Crippen molar-refractivity contribution in [2.45, 2.75) is 19.4 Å². The van der Waals surface area contributed by atoms with Gasteiger partial charge in [0.15, 0.2) is 5.96 Å². The van der Waals surface area contributed by atoms with Crippen molar-refractivity contribution in [2.75, 3.05) is 51.7 Å². The summed E-state index contributed by atoms with van der Waals surface area (Å²) in [5.74, 6) is 1.72. The minimum atomic E-state index is 0.350. The number of likely N-dealkylation sites (N-methyl/N-ethyl adjacent to an activating group) is 1. The van der Waals surface area contributed by atoms with E-state index in [1.54, 1.807) is 13.2 Å². The molecule has 7 heteroatoms. The number of pyridine rings is 1. The number of anilines is 1. The molecule has 2 N–H and O–H groups in total. The van der Waals surface area contributed by atoms with Gasteiger partial charge in [0.2, 0.25) is 0 Å². The first-order chi connectivity index (χ1) is 11.1. The Balaban J connectivity index is 1.81. The van der Waals surface area contributed by atoms with E-state index < -0.39 is 0 Å². The second-order valence-corrected chi connectivity index (χ2v) is 6.19. The summed E-state index contributed by atoms with van der Waals surface area (Å²) in [5.41, 5.74) is 0. The Bertz CT molecular complexity index is 521. The van der Waals surface area contributed by atoms with E-state index in [1.807, 2.05) is 12.1 Å². The van der Waals surface area contributed by atoms with E-state index in [0.717, 1.165) is 50.9 Å². The van der Waals surface area contributed by atoms with Crippen LogP contribution in [0.25, 0.3) is 0 Å². The topological polar surface area (TPSA) is 55.8 Å². The molecule has 1 unspecified atom stereocenters. The van der Waals surface area contributed by atoms with Gasteiger partial charge < -0.3 is 20.4 Å². The first kappa shape index (κ1) is 17.8. The van der Waals surface area contributed by atoms with Gasteiger partial charge in [-0.3, -0.25) is 4.99 Å². The van der Waals surface area contributed by atoms with Gasteiger partial charge in [0.25, 0.3) is 0 Å². The lowest BCUT2D eigenvalue weighted by Crippen LogP contribution is -2.46. The molecule has 1 aliphatic heterocycles. The summed E-state index contributed by atoms with van der Waals surface area (Å²) in [6.45, 7) is 6.92. The average molecular weight is 339 g/mol. The fourth-order valence-corrected chi connectivity index (χ4v) is 2.83. The normalized spacial score (nSPS) is 18.6. The summed E-state index contributed by atoms with van der Waals surface area (Å²) in [6.07, 6.45) is 2.83. The van der Waals surface area contributed by atoms with E-state index in [-0.39, 0.29) is 0 Å². The summed E-state index contributed by atoms with van der Waals surface area (Å²) in [5, 5.41) is 7.56. The van der Waals surface area contributed by atoms with Crippen LogP contribution in [0.15, 0.2) is 23.3 Å². The number of halogens is 1. The van der Waals surface area contributed by atoms with Crippen molar-refractivity contribution in [3.05, 3.63) is 23.4 Å². The number of hydrogen-bond acceptors (Lipinski definition) is 4. The Hall–Kier alpha value is -1.53. The van der Waals surface area contributed by atoms with Gasteiger partial charge in [0.05, 0.1) is 5.02 Å². The third-order valence-electron chi connectivity index (χ3n) is 4.12. The maximum Gasteiger partial charge on any atom is 0.191 e. The maximum atomic E-state index is 6.23. The van der Waals surface area contributed by atoms with Crippen LogP contribution < -0.4 is 15.5 Å². The van der Waals surface area contributed by atoms with Crippen LogP contribution in [0.4, 0.5) is 5.82 Å². The molecule has 0 aromatic carbocycles. The fraction of sp³-hybridized carbons (Fsp3) is 0.625. The lowest BCUT2D eigenvalue weighted by Gasteiger charge is -2.21. The van der Waals surface area contributed by atoms with Crippen molar-refractivity contribution in [3.8, 4) is 0 Å². The molecule has 0 amide bonds. The molecule has 1 atom stereocenters. The molecule has 1 aliphatic rings. The lowest BCUT2D eigenvalue weighted by molar-refractivity contribution is 0.357. The van der Waals surface area contributed by atoms with E-state index in [4.69, 9.17) is 11.6 Å². The number of nitrogens with one attached hydrogen (secondary N) is 2. The van der Waals surface area contributed by atoms with E-state index >= 15 is 0 Å². The third kappa shape index (κ3) is 5.25. The van der Waals surface area contributed by atoms with Gasteiger partial charge in [-0.25, -0.2) is 4.98 Å². The second kappa shape index (κ2) is 8.93. The van der Waals surface area contributed by atoms with Gasteiger partial charge in [-0.2, -0.15) is 0 Å². The van der Waals surface area contributed by atoms with E-state index in [1.165, 1.54) is 0 Å². The van der Waals surface area contributed by atoms with E-state index in [0.29, 0.717) is 11.1 Å². The number of guanidine groups is 1. The predicted molar refractivity (Wildman–Crippen MR) is 97.5 cm³/mol. The number of nitrogens with zero attached hydrogens (tertiary/aromatic N) is 4. The quantitative estimate of drug-likeness (QED) is 0.607. The Labute approximate surface area is 143 Å². The molecule has 1 aromatic rings. The fourth-order valence-electron chi connectivity index (χ4n) is 2.59. The van der Waals surface area contributed by atoms with Crippen LogP contribution in [0.1, 0.15) is 13.3 Å². The third-order valence-corrected chi connectivity index (χ3v) is 4.41. The molecule has 128 valence electrons. The molecule has 6 nitrogen and oxygen atoms in total. The van der Waals surface area contributed by atoms with Gasteiger partial charge >= 0.3 is 0 Å². The summed E-state index contributed by atoms with van der Waals surface area (Å²) in [4.78, 5) is 13.2. The van der Waals surface area contributed by atoms with Crippen LogP contribution in [0.3, 0.4) is 0 Å². The molecule has 0 aliphatic carbocycles. The van der Waals surface area contributed by atoms with Crippen molar-refractivity contribution in [3.63, 3.8) is 0 Å². The largest absolute Gasteiger partial charge is 0.355 e. The molecule has 0 saturated carbocycles. The van der Waals surface area contributed by atoms with Gasteiger partial charge in [-0.1, -0.05) is 18.5 Å². The van der Waals surface area contributed by atoms with Crippen molar-refractivity contribution in [2.24, 2.45) is 4.99 Å². The van der Waals surface area contributed by atoms with Crippen molar-refractivity contribution >= 4 is 23.4 Å². The molecular formula is C16H27ClN6. The Morgan fingerprint density at radius 1 is 1.57 bits per heavy atom. The van der Waals surface area contributed by atoms with Gasteiger partial charge in [0.1, 0.15) is 5.82 Å². The van der Waals surface area contributed by atoms with Crippen LogP contribution in [0.2, 0.25) is 5.02 Å². The molecule has 23 heavy (non-hydrogen) atoms. The maximum absolute atomic E-state index is 6.23. The highest BCUT2D eigenvalue weighted by molar-refractivity contribution is 6.32. The average Bonchev–Trinajstić information content (AvgIpc) is 3.02. The number of aromatic nitrogens is 1. The smallest absolute Gasteiger partial charge is 0.191 e. The van der Waals surface area contributed by atoms with E-state index in [2.05, 4.69) is 44.4 Å². The Morgan fingerprint density at radius 2 is 2.39 bits per heavy atom. The monoisotopic (exact) mass is 338 g/mol. The standard InChI is InChI=1S/C16H27ClN6/c1-4-22(3)11-9-20-16(18-2)21-13-7-10-23(12-13)15-14(17)6-5-8-19-15/h5-6,8,13H,4,7,9-12H2,1-3H3,(H2,18,20,21). The van der Waals surface area contributed by atoms with Gasteiger partial charge in [0, 0.05) is 45.5 Å². The second-order valence-electron chi connectivity index (χ2n) is 5.78. The number of aliphatic imine (C=N–C) groups is 1. The Morgan fingerprint density at radius 3 is 3.09 bits per heavy atom. The minimum absolute atomic E-state index is 0.350. The zero-order chi connectivity index (χ0) is 16.7. The molecule has 1 saturated heterocycles. The van der Waals surface area contributed by atoms with Gasteiger partial charge in [-0.05, 0) is 32.1 Å². The van der Waals surface area contributed by atoms with Gasteiger partial charge in [-0.15, -0.1) is 0 Å². The molecular weight excluding hydrogens is 312 g/mol. The summed E-state index contributed by atoms with van der Waals surface area (Å²) in [6, 6.07) is 4.09. The number of hydrogen-bond donors (Lipinski definition) is 2. The highest BCUT2D eigenvalue weighted by Crippen LogP contribution is 2.25. The predicted octanol–water partition coefficient (Wildman–Crippen LogP) is 1.43. The SMILES string of the molecule is CCN(C)CCNC(=NC)NC1CCN(c2ncccc2Cl)C1. The van der Waals surface area contributed by atoms with Crippen molar-refractivity contribution in [1.29, 1.82) is 0 Å². The van der Waals surface area contributed by atoms with E-state index in [9.17, 15) is 0 Å². The highest BCUT2D eigenvalue weighted by Gasteiger charge is 2.25. The number of rotatable bonds is 6. The zero-order valence-corrected chi connectivity index (χ0v) is 15.0. The van der Waals surface area contributed by atoms with Crippen LogP contribution in [-0.2, 0) is 0 Å². The van der Waals surface area contributed by atoms with Crippen LogP contribution in [-0.4, -0.2) is 68.7 Å². The Kier molecular flexibility index (Phi) is 6.92.